The number of rotatable bonds is 3. The van der Waals surface area contributed by atoms with E-state index in [2.05, 4.69) is 0 Å². The molecule has 0 spiro atoms. The highest BCUT2D eigenvalue weighted by molar-refractivity contribution is 6.32. The molecule has 0 saturated heterocycles. The van der Waals surface area contributed by atoms with Crippen LogP contribution in [-0.2, 0) is 0 Å². The largest absolute Gasteiger partial charge is 0.456 e. The minimum absolute atomic E-state index is 0.0139. The van der Waals surface area contributed by atoms with Crippen LogP contribution in [0.1, 0.15) is 28.4 Å². The fourth-order valence-corrected chi connectivity index (χ4v) is 2.05. The lowest BCUT2D eigenvalue weighted by molar-refractivity contribution is 0.101. The molecule has 2 nitrogen and oxygen atoms in total. The third-order valence-corrected chi connectivity index (χ3v) is 3.18. The highest BCUT2D eigenvalue weighted by Crippen LogP contribution is 2.32. The summed E-state index contributed by atoms with van der Waals surface area (Å²) in [4.78, 5) is 11.3. The van der Waals surface area contributed by atoms with E-state index in [1.807, 2.05) is 32.0 Å². The number of aryl methyl sites for hydroxylation is 2. The lowest BCUT2D eigenvalue weighted by Gasteiger charge is -2.11. The van der Waals surface area contributed by atoms with E-state index in [-0.39, 0.29) is 5.78 Å². The molecule has 0 bridgehead atoms. The zero-order chi connectivity index (χ0) is 14.0. The van der Waals surface area contributed by atoms with Gasteiger partial charge >= 0.3 is 0 Å². The monoisotopic (exact) mass is 274 g/mol. The van der Waals surface area contributed by atoms with Gasteiger partial charge in [-0.2, -0.15) is 0 Å². The summed E-state index contributed by atoms with van der Waals surface area (Å²) in [7, 11) is 0. The summed E-state index contributed by atoms with van der Waals surface area (Å²) in [6.07, 6.45) is 0. The molecular weight excluding hydrogens is 260 g/mol. The van der Waals surface area contributed by atoms with Gasteiger partial charge in [0.1, 0.15) is 11.5 Å². The quantitative estimate of drug-likeness (QED) is 0.740. The lowest BCUT2D eigenvalue weighted by atomic mass is 10.1. The second-order valence-corrected chi connectivity index (χ2v) is 4.98. The molecule has 0 unspecified atom stereocenters. The minimum Gasteiger partial charge on any atom is -0.456 e. The van der Waals surface area contributed by atoms with Gasteiger partial charge in [-0.1, -0.05) is 29.3 Å². The fourth-order valence-electron chi connectivity index (χ4n) is 1.83. The van der Waals surface area contributed by atoms with Gasteiger partial charge in [0, 0.05) is 5.56 Å². The van der Waals surface area contributed by atoms with Crippen molar-refractivity contribution in [3.63, 3.8) is 0 Å². The Hall–Kier alpha value is -1.80. The number of benzene rings is 2. The fraction of sp³-hybridized carbons (Fsp3) is 0.188. The number of carbonyl (C=O) groups is 1. The van der Waals surface area contributed by atoms with Crippen molar-refractivity contribution in [2.24, 2.45) is 0 Å². The molecular formula is C16H15ClO2. The summed E-state index contributed by atoms with van der Waals surface area (Å²) < 4.78 is 5.79. The number of ketones is 1. The third kappa shape index (κ3) is 3.15. The molecule has 0 amide bonds. The molecule has 0 N–H and O–H groups in total. The number of hydrogen-bond donors (Lipinski definition) is 0. The van der Waals surface area contributed by atoms with Crippen molar-refractivity contribution in [1.29, 1.82) is 0 Å². The van der Waals surface area contributed by atoms with Crippen molar-refractivity contribution < 1.29 is 9.53 Å². The molecule has 2 aromatic rings. The zero-order valence-corrected chi connectivity index (χ0v) is 11.9. The average molecular weight is 275 g/mol. The first-order valence-corrected chi connectivity index (χ1v) is 6.41. The van der Waals surface area contributed by atoms with Crippen LogP contribution < -0.4 is 4.74 Å². The zero-order valence-electron chi connectivity index (χ0n) is 11.2. The Morgan fingerprint density at radius 2 is 1.74 bits per heavy atom. The third-order valence-electron chi connectivity index (χ3n) is 2.89. The van der Waals surface area contributed by atoms with Crippen LogP contribution in [0.25, 0.3) is 0 Å². The molecule has 0 heterocycles. The molecule has 0 saturated carbocycles. The number of ether oxygens (including phenoxy) is 1. The number of Topliss-reactive ketones (excluding diaryl/α,β-unsaturated/α-hetero) is 1. The Kier molecular flexibility index (Phi) is 3.91. The first kappa shape index (κ1) is 13.6. The van der Waals surface area contributed by atoms with E-state index in [1.54, 1.807) is 18.2 Å². The number of halogens is 1. The average Bonchev–Trinajstić information content (AvgIpc) is 2.34. The van der Waals surface area contributed by atoms with Crippen molar-refractivity contribution in [1.82, 2.24) is 0 Å². The summed E-state index contributed by atoms with van der Waals surface area (Å²) in [5.74, 6) is 1.31. The minimum atomic E-state index is -0.0139. The topological polar surface area (TPSA) is 26.3 Å². The Balaban J connectivity index is 2.31. The van der Waals surface area contributed by atoms with Gasteiger partial charge in [-0.15, -0.1) is 0 Å². The molecule has 0 radical (unpaired) electrons. The van der Waals surface area contributed by atoms with Crippen molar-refractivity contribution in [3.8, 4) is 11.5 Å². The Bertz CT molecular complexity index is 633. The SMILES string of the molecule is CC(=O)c1ccc(Oc2ccc(C)cc2C)c(Cl)c1. The van der Waals surface area contributed by atoms with E-state index in [4.69, 9.17) is 16.3 Å². The summed E-state index contributed by atoms with van der Waals surface area (Å²) in [5.41, 5.74) is 2.81. The van der Waals surface area contributed by atoms with Crippen LogP contribution in [0.15, 0.2) is 36.4 Å². The van der Waals surface area contributed by atoms with E-state index in [9.17, 15) is 4.79 Å². The molecule has 2 aromatic carbocycles. The van der Waals surface area contributed by atoms with Gasteiger partial charge in [0.2, 0.25) is 0 Å². The van der Waals surface area contributed by atoms with Crippen molar-refractivity contribution in [3.05, 3.63) is 58.1 Å². The predicted octanol–water partition coefficient (Wildman–Crippen LogP) is 4.95. The van der Waals surface area contributed by atoms with Gasteiger partial charge in [-0.25, -0.2) is 0 Å². The highest BCUT2D eigenvalue weighted by Gasteiger charge is 2.08. The number of hydrogen-bond acceptors (Lipinski definition) is 2. The van der Waals surface area contributed by atoms with E-state index in [0.717, 1.165) is 11.3 Å². The molecule has 3 heteroatoms. The van der Waals surface area contributed by atoms with Gasteiger partial charge in [-0.3, -0.25) is 4.79 Å². The lowest BCUT2D eigenvalue weighted by Crippen LogP contribution is -1.94. The van der Waals surface area contributed by atoms with E-state index < -0.39 is 0 Å². The van der Waals surface area contributed by atoms with Gasteiger partial charge in [0.15, 0.2) is 5.78 Å². The van der Waals surface area contributed by atoms with E-state index >= 15 is 0 Å². The molecule has 0 aliphatic heterocycles. The van der Waals surface area contributed by atoms with Crippen LogP contribution in [0, 0.1) is 13.8 Å². The molecule has 2 rings (SSSR count). The van der Waals surface area contributed by atoms with Crippen LogP contribution in [0.4, 0.5) is 0 Å². The molecule has 0 aromatic heterocycles. The molecule has 0 atom stereocenters. The van der Waals surface area contributed by atoms with Gasteiger partial charge in [0.25, 0.3) is 0 Å². The Morgan fingerprint density at radius 3 is 2.32 bits per heavy atom. The number of carbonyl (C=O) groups excluding carboxylic acids is 1. The molecule has 98 valence electrons. The van der Waals surface area contributed by atoms with Gasteiger partial charge < -0.3 is 4.74 Å². The summed E-state index contributed by atoms with van der Waals surface area (Å²) in [6.45, 7) is 5.53. The second kappa shape index (κ2) is 5.45. The normalized spacial score (nSPS) is 10.3. The second-order valence-electron chi connectivity index (χ2n) is 4.57. The van der Waals surface area contributed by atoms with Crippen molar-refractivity contribution in [2.45, 2.75) is 20.8 Å². The maximum Gasteiger partial charge on any atom is 0.159 e. The first-order valence-electron chi connectivity index (χ1n) is 6.03. The maximum absolute atomic E-state index is 11.3. The summed E-state index contributed by atoms with van der Waals surface area (Å²) in [5, 5.41) is 0.438. The standard InChI is InChI=1S/C16H15ClO2/c1-10-4-6-15(11(2)8-10)19-16-7-5-13(12(3)18)9-14(16)17/h4-9H,1-3H3. The van der Waals surface area contributed by atoms with Crippen LogP contribution in [0.5, 0.6) is 11.5 Å². The Labute approximate surface area is 118 Å². The van der Waals surface area contributed by atoms with Crippen molar-refractivity contribution >= 4 is 17.4 Å². The molecule has 0 aliphatic carbocycles. The van der Waals surface area contributed by atoms with Gasteiger partial charge in [0.05, 0.1) is 5.02 Å². The summed E-state index contributed by atoms with van der Waals surface area (Å²) >= 11 is 6.13. The van der Waals surface area contributed by atoms with Crippen LogP contribution in [0.2, 0.25) is 5.02 Å². The van der Waals surface area contributed by atoms with E-state index in [0.29, 0.717) is 16.3 Å². The Morgan fingerprint density at radius 1 is 1.05 bits per heavy atom. The first-order chi connectivity index (χ1) is 8.97. The van der Waals surface area contributed by atoms with Crippen molar-refractivity contribution in [2.75, 3.05) is 0 Å². The summed E-state index contributed by atoms with van der Waals surface area (Å²) in [6, 6.07) is 11.0. The molecule has 0 fully saturated rings. The van der Waals surface area contributed by atoms with Crippen LogP contribution in [0.3, 0.4) is 0 Å². The van der Waals surface area contributed by atoms with Crippen LogP contribution >= 0.6 is 11.6 Å². The molecule has 0 aliphatic rings. The predicted molar refractivity (Wildman–Crippen MR) is 77.4 cm³/mol. The highest BCUT2D eigenvalue weighted by atomic mass is 35.5. The van der Waals surface area contributed by atoms with E-state index in [1.165, 1.54) is 12.5 Å². The maximum atomic E-state index is 11.3. The van der Waals surface area contributed by atoms with Crippen LogP contribution in [-0.4, -0.2) is 5.78 Å². The molecule has 19 heavy (non-hydrogen) atoms. The van der Waals surface area contributed by atoms with Gasteiger partial charge in [-0.05, 0) is 50.6 Å². The smallest absolute Gasteiger partial charge is 0.159 e.